The van der Waals surface area contributed by atoms with E-state index in [2.05, 4.69) is 39.6 Å². The molecule has 1 aromatic carbocycles. The molecule has 1 amide bonds. The molecule has 1 fully saturated rings. The second-order valence-electron chi connectivity index (χ2n) is 5.57. The van der Waals surface area contributed by atoms with Gasteiger partial charge in [0.25, 0.3) is 0 Å². The molecule has 112 valence electrons. The highest BCUT2D eigenvalue weighted by Gasteiger charge is 2.38. The van der Waals surface area contributed by atoms with Crippen LogP contribution in [0, 0.1) is 16.7 Å². The van der Waals surface area contributed by atoms with Crippen molar-refractivity contribution in [2.45, 2.75) is 32.6 Å². The number of halogens is 1. The lowest BCUT2D eigenvalue weighted by Gasteiger charge is -2.36. The Kier molecular flexibility index (Phi) is 5.38. The van der Waals surface area contributed by atoms with Crippen molar-refractivity contribution >= 4 is 27.5 Å². The maximum absolute atomic E-state index is 12.8. The maximum atomic E-state index is 12.8. The van der Waals surface area contributed by atoms with Gasteiger partial charge in [-0.25, -0.2) is 0 Å². The molecule has 21 heavy (non-hydrogen) atoms. The molecule has 0 aromatic heterocycles. The van der Waals surface area contributed by atoms with Crippen LogP contribution in [-0.4, -0.2) is 19.0 Å². The maximum Gasteiger partial charge on any atom is 0.231 e. The molecular weight excluding hydrogens is 330 g/mol. The van der Waals surface area contributed by atoms with Gasteiger partial charge in [-0.1, -0.05) is 29.3 Å². The van der Waals surface area contributed by atoms with Crippen LogP contribution in [0.15, 0.2) is 22.7 Å². The lowest BCUT2D eigenvalue weighted by atomic mass is 9.76. The van der Waals surface area contributed by atoms with Crippen molar-refractivity contribution in [3.05, 3.63) is 28.2 Å². The summed E-state index contributed by atoms with van der Waals surface area (Å²) in [5.41, 5.74) is 0.715. The Morgan fingerprint density at radius 2 is 2.38 bits per heavy atom. The lowest BCUT2D eigenvalue weighted by Crippen LogP contribution is -2.48. The van der Waals surface area contributed by atoms with E-state index in [4.69, 9.17) is 0 Å². The van der Waals surface area contributed by atoms with Crippen molar-refractivity contribution < 1.29 is 4.79 Å². The number of rotatable bonds is 4. The van der Waals surface area contributed by atoms with E-state index in [0.717, 1.165) is 36.7 Å². The minimum Gasteiger partial charge on any atom is -0.324 e. The number of anilines is 1. The smallest absolute Gasteiger partial charge is 0.231 e. The zero-order chi connectivity index (χ0) is 15.3. The molecule has 5 heteroatoms. The predicted octanol–water partition coefficient (Wildman–Crippen LogP) is 3.43. The van der Waals surface area contributed by atoms with E-state index in [1.54, 1.807) is 12.1 Å². The number of nitrogens with zero attached hydrogens (tertiary/aromatic N) is 1. The molecule has 1 heterocycles. The van der Waals surface area contributed by atoms with Crippen LogP contribution in [-0.2, 0) is 4.79 Å². The Balaban J connectivity index is 2.21. The first-order valence-corrected chi connectivity index (χ1v) is 8.12. The van der Waals surface area contributed by atoms with E-state index < -0.39 is 0 Å². The summed E-state index contributed by atoms with van der Waals surface area (Å²) in [7, 11) is 0. The van der Waals surface area contributed by atoms with Gasteiger partial charge in [-0.2, -0.15) is 5.26 Å². The number of hydrogen-bond acceptors (Lipinski definition) is 3. The van der Waals surface area contributed by atoms with Crippen molar-refractivity contribution in [3.63, 3.8) is 0 Å². The van der Waals surface area contributed by atoms with E-state index in [9.17, 15) is 10.1 Å². The largest absolute Gasteiger partial charge is 0.324 e. The van der Waals surface area contributed by atoms with Crippen LogP contribution < -0.4 is 10.6 Å². The van der Waals surface area contributed by atoms with Crippen molar-refractivity contribution in [2.24, 2.45) is 5.41 Å². The van der Waals surface area contributed by atoms with Crippen LogP contribution in [0.3, 0.4) is 0 Å². The number of piperidine rings is 1. The third-order valence-electron chi connectivity index (χ3n) is 4.03. The molecule has 0 bridgehead atoms. The molecule has 1 unspecified atom stereocenters. The quantitative estimate of drug-likeness (QED) is 0.874. The summed E-state index contributed by atoms with van der Waals surface area (Å²) in [5, 5.41) is 15.5. The lowest BCUT2D eigenvalue weighted by molar-refractivity contribution is -0.127. The highest BCUT2D eigenvalue weighted by molar-refractivity contribution is 9.10. The number of carbonyl (C=O) groups excluding carboxylic acids is 1. The summed E-state index contributed by atoms with van der Waals surface area (Å²) in [6.07, 6.45) is 3.75. The van der Waals surface area contributed by atoms with Gasteiger partial charge in [-0.3, -0.25) is 4.79 Å². The Morgan fingerprint density at radius 3 is 3.00 bits per heavy atom. The van der Waals surface area contributed by atoms with E-state index in [1.165, 1.54) is 0 Å². The topological polar surface area (TPSA) is 64.9 Å². The highest BCUT2D eigenvalue weighted by Crippen LogP contribution is 2.33. The van der Waals surface area contributed by atoms with Gasteiger partial charge in [0.05, 0.1) is 16.7 Å². The highest BCUT2D eigenvalue weighted by atomic mass is 79.9. The summed E-state index contributed by atoms with van der Waals surface area (Å²) < 4.78 is 0.833. The third kappa shape index (κ3) is 3.63. The molecule has 0 saturated carbocycles. The Labute approximate surface area is 134 Å². The van der Waals surface area contributed by atoms with Crippen molar-refractivity contribution in [3.8, 4) is 6.07 Å². The summed E-state index contributed by atoms with van der Waals surface area (Å²) in [6, 6.07) is 7.46. The molecule has 2 rings (SSSR count). The average molecular weight is 350 g/mol. The first-order chi connectivity index (χ1) is 10.1. The first-order valence-electron chi connectivity index (χ1n) is 7.33. The summed E-state index contributed by atoms with van der Waals surface area (Å²) in [4.78, 5) is 12.8. The molecule has 1 aromatic rings. The molecule has 1 saturated heterocycles. The number of nitriles is 1. The van der Waals surface area contributed by atoms with Gasteiger partial charge in [0.2, 0.25) is 5.91 Å². The summed E-state index contributed by atoms with van der Waals surface area (Å²) >= 11 is 3.34. The molecule has 0 aliphatic carbocycles. The van der Waals surface area contributed by atoms with Gasteiger partial charge in [0.15, 0.2) is 0 Å². The van der Waals surface area contributed by atoms with Gasteiger partial charge < -0.3 is 10.6 Å². The minimum atomic E-state index is -0.354. The molecule has 0 spiro atoms. The first kappa shape index (κ1) is 16.0. The number of nitrogens with one attached hydrogen (secondary N) is 2. The Hall–Kier alpha value is -1.38. The van der Waals surface area contributed by atoms with Gasteiger partial charge in [0.1, 0.15) is 6.07 Å². The third-order valence-corrected chi connectivity index (χ3v) is 4.53. The van der Waals surface area contributed by atoms with E-state index in [0.29, 0.717) is 17.8 Å². The second-order valence-corrected chi connectivity index (χ2v) is 6.48. The normalized spacial score (nSPS) is 21.6. The molecule has 1 atom stereocenters. The Bertz CT molecular complexity index is 554. The predicted molar refractivity (Wildman–Crippen MR) is 86.9 cm³/mol. The zero-order valence-corrected chi connectivity index (χ0v) is 13.8. The summed E-state index contributed by atoms with van der Waals surface area (Å²) in [6.45, 7) is 3.79. The SMILES string of the molecule is CCCC1(C(=O)Nc2ccc(Br)cc2C#N)CCCNC1. The monoisotopic (exact) mass is 349 g/mol. The molecule has 1 aliphatic heterocycles. The van der Waals surface area contributed by atoms with Crippen molar-refractivity contribution in [1.82, 2.24) is 5.32 Å². The fourth-order valence-corrected chi connectivity index (χ4v) is 3.30. The number of carbonyl (C=O) groups is 1. The zero-order valence-electron chi connectivity index (χ0n) is 12.2. The van der Waals surface area contributed by atoms with Crippen LogP contribution in [0.2, 0.25) is 0 Å². The fourth-order valence-electron chi connectivity index (χ4n) is 2.94. The van der Waals surface area contributed by atoms with Gasteiger partial charge in [-0.15, -0.1) is 0 Å². The second kappa shape index (κ2) is 7.06. The minimum absolute atomic E-state index is 0.0235. The van der Waals surface area contributed by atoms with Crippen LogP contribution in [0.25, 0.3) is 0 Å². The standard InChI is InChI=1S/C16H20BrN3O/c1-2-6-16(7-3-8-19-11-16)15(21)20-14-5-4-13(17)9-12(14)10-18/h4-5,9,19H,2-3,6-8,11H2,1H3,(H,20,21). The van der Waals surface area contributed by atoms with Crippen molar-refractivity contribution in [2.75, 3.05) is 18.4 Å². The van der Waals surface area contributed by atoms with E-state index >= 15 is 0 Å². The molecule has 0 radical (unpaired) electrons. The molecular formula is C16H20BrN3O. The summed E-state index contributed by atoms with van der Waals surface area (Å²) in [5.74, 6) is 0.0235. The average Bonchev–Trinajstić information content (AvgIpc) is 2.50. The van der Waals surface area contributed by atoms with E-state index in [-0.39, 0.29) is 11.3 Å². The van der Waals surface area contributed by atoms with Crippen LogP contribution in [0.4, 0.5) is 5.69 Å². The molecule has 4 nitrogen and oxygen atoms in total. The number of hydrogen-bond donors (Lipinski definition) is 2. The van der Waals surface area contributed by atoms with Crippen LogP contribution in [0.1, 0.15) is 38.2 Å². The van der Waals surface area contributed by atoms with Gasteiger partial charge >= 0.3 is 0 Å². The van der Waals surface area contributed by atoms with Crippen LogP contribution >= 0.6 is 15.9 Å². The molecule has 2 N–H and O–H groups in total. The number of benzene rings is 1. The Morgan fingerprint density at radius 1 is 1.57 bits per heavy atom. The van der Waals surface area contributed by atoms with E-state index in [1.807, 2.05) is 6.07 Å². The van der Waals surface area contributed by atoms with Crippen molar-refractivity contribution in [1.29, 1.82) is 5.26 Å². The number of amides is 1. The molecule has 1 aliphatic rings. The fraction of sp³-hybridized carbons (Fsp3) is 0.500. The van der Waals surface area contributed by atoms with Gasteiger partial charge in [0, 0.05) is 11.0 Å². The van der Waals surface area contributed by atoms with Crippen LogP contribution in [0.5, 0.6) is 0 Å². The van der Waals surface area contributed by atoms with Gasteiger partial charge in [-0.05, 0) is 44.0 Å².